The van der Waals surface area contributed by atoms with E-state index in [9.17, 15) is 10.1 Å². The molecule has 2 aromatic rings. The molecule has 1 N–H and O–H groups in total. The average Bonchev–Trinajstić information content (AvgIpc) is 3.20. The van der Waals surface area contributed by atoms with E-state index in [1.54, 1.807) is 0 Å². The number of carbonyl (C=O) groups excluding carboxylic acids is 1. The molecular formula is C24H25N5O. The number of nitrogens with zero attached hydrogens (tertiary/aromatic N) is 4. The van der Waals surface area contributed by atoms with Crippen LogP contribution in [0.1, 0.15) is 24.0 Å². The summed E-state index contributed by atoms with van der Waals surface area (Å²) in [6.07, 6.45) is 2.36. The summed E-state index contributed by atoms with van der Waals surface area (Å²) in [5.41, 5.74) is 3.01. The second-order valence-electron chi connectivity index (χ2n) is 8.38. The molecule has 0 radical (unpaired) electrons. The van der Waals surface area contributed by atoms with Crippen molar-refractivity contribution in [3.8, 4) is 6.07 Å². The summed E-state index contributed by atoms with van der Waals surface area (Å²) in [5.74, 6) is -0.352. The van der Waals surface area contributed by atoms with E-state index < -0.39 is 11.5 Å². The molecule has 1 saturated heterocycles. The van der Waals surface area contributed by atoms with Gasteiger partial charge in [0, 0.05) is 31.9 Å². The van der Waals surface area contributed by atoms with Crippen molar-refractivity contribution in [2.24, 2.45) is 10.9 Å². The van der Waals surface area contributed by atoms with Crippen molar-refractivity contribution < 1.29 is 4.79 Å². The van der Waals surface area contributed by atoms with Crippen LogP contribution in [-0.4, -0.2) is 41.9 Å². The molecule has 2 aromatic carbocycles. The van der Waals surface area contributed by atoms with Crippen LogP contribution in [0.2, 0.25) is 0 Å². The number of anilines is 1. The Bertz CT molecular complexity index is 1020. The van der Waals surface area contributed by atoms with Gasteiger partial charge in [-0.15, -0.1) is 0 Å². The van der Waals surface area contributed by atoms with E-state index in [2.05, 4.69) is 57.6 Å². The molecule has 0 bridgehead atoms. The Balaban J connectivity index is 1.40. The summed E-state index contributed by atoms with van der Waals surface area (Å²) < 4.78 is 0. The van der Waals surface area contributed by atoms with Gasteiger partial charge in [0.15, 0.2) is 5.92 Å². The lowest BCUT2D eigenvalue weighted by molar-refractivity contribution is -0.125. The lowest BCUT2D eigenvalue weighted by atomic mass is 9.76. The maximum atomic E-state index is 12.9. The molecule has 1 fully saturated rings. The van der Waals surface area contributed by atoms with E-state index in [1.165, 1.54) is 11.1 Å². The summed E-state index contributed by atoms with van der Waals surface area (Å²) in [6.45, 7) is 3.34. The molecule has 1 unspecified atom stereocenters. The second-order valence-corrected chi connectivity index (χ2v) is 8.38. The van der Waals surface area contributed by atoms with Crippen LogP contribution in [0.5, 0.6) is 0 Å². The van der Waals surface area contributed by atoms with Crippen molar-refractivity contribution in [3.63, 3.8) is 0 Å². The highest BCUT2D eigenvalue weighted by Gasteiger charge is 2.49. The SMILES string of the molecule is N#CC1C(=O)NC(N2CCc3ccccc32)=NC12CCN(Cc1ccccc1)CC2. The number of amides is 1. The summed E-state index contributed by atoms with van der Waals surface area (Å²) in [6, 6.07) is 20.9. The zero-order chi connectivity index (χ0) is 20.6. The fourth-order valence-corrected chi connectivity index (χ4v) is 4.94. The highest BCUT2D eigenvalue weighted by molar-refractivity contribution is 6.09. The quantitative estimate of drug-likeness (QED) is 0.843. The first kappa shape index (κ1) is 18.8. The van der Waals surface area contributed by atoms with Crippen LogP contribution in [0.25, 0.3) is 0 Å². The number of hydrogen-bond acceptors (Lipinski definition) is 5. The van der Waals surface area contributed by atoms with Gasteiger partial charge in [0.1, 0.15) is 0 Å². The van der Waals surface area contributed by atoms with Crippen LogP contribution in [0.15, 0.2) is 59.6 Å². The maximum Gasteiger partial charge on any atom is 0.246 e. The molecule has 1 spiro atoms. The van der Waals surface area contributed by atoms with Crippen molar-refractivity contribution >= 4 is 17.6 Å². The molecule has 152 valence electrons. The number of nitriles is 1. The molecule has 6 heteroatoms. The number of fused-ring (bicyclic) bond motifs is 1. The van der Waals surface area contributed by atoms with Gasteiger partial charge < -0.3 is 4.90 Å². The van der Waals surface area contributed by atoms with Gasteiger partial charge in [-0.05, 0) is 36.5 Å². The minimum absolute atomic E-state index is 0.219. The minimum atomic E-state index is -0.738. The molecule has 1 atom stereocenters. The van der Waals surface area contributed by atoms with Gasteiger partial charge in [0.25, 0.3) is 0 Å². The highest BCUT2D eigenvalue weighted by atomic mass is 16.2. The van der Waals surface area contributed by atoms with Crippen molar-refractivity contribution in [1.82, 2.24) is 10.2 Å². The molecule has 0 saturated carbocycles. The van der Waals surface area contributed by atoms with Crippen molar-refractivity contribution in [2.45, 2.75) is 31.3 Å². The number of nitrogens with one attached hydrogen (secondary N) is 1. The Morgan fingerprint density at radius 1 is 1.07 bits per heavy atom. The number of guanidine groups is 1. The van der Waals surface area contributed by atoms with Crippen molar-refractivity contribution in [3.05, 3.63) is 65.7 Å². The monoisotopic (exact) mass is 399 g/mol. The highest BCUT2D eigenvalue weighted by Crippen LogP contribution is 2.38. The number of benzene rings is 2. The smallest absolute Gasteiger partial charge is 0.246 e. The van der Waals surface area contributed by atoms with Gasteiger partial charge in [-0.25, -0.2) is 4.99 Å². The van der Waals surface area contributed by atoms with Crippen LogP contribution >= 0.6 is 0 Å². The third-order valence-electron chi connectivity index (χ3n) is 6.61. The van der Waals surface area contributed by atoms with Crippen LogP contribution in [0.3, 0.4) is 0 Å². The number of hydrogen-bond donors (Lipinski definition) is 1. The Hall–Kier alpha value is -3.17. The van der Waals surface area contributed by atoms with E-state index in [4.69, 9.17) is 4.99 Å². The number of piperidine rings is 1. The molecule has 0 aromatic heterocycles. The van der Waals surface area contributed by atoms with Crippen LogP contribution in [0, 0.1) is 17.2 Å². The van der Waals surface area contributed by atoms with Gasteiger partial charge in [-0.3, -0.25) is 15.0 Å². The Kier molecular flexibility index (Phi) is 4.76. The summed E-state index contributed by atoms with van der Waals surface area (Å²) >= 11 is 0. The number of carbonyl (C=O) groups is 1. The third-order valence-corrected chi connectivity index (χ3v) is 6.61. The van der Waals surface area contributed by atoms with Gasteiger partial charge >= 0.3 is 0 Å². The fourth-order valence-electron chi connectivity index (χ4n) is 4.94. The van der Waals surface area contributed by atoms with E-state index >= 15 is 0 Å². The average molecular weight is 399 g/mol. The lowest BCUT2D eigenvalue weighted by Gasteiger charge is -2.44. The number of para-hydroxylation sites is 1. The fraction of sp³-hybridized carbons (Fsp3) is 0.375. The third kappa shape index (κ3) is 3.25. The first-order chi connectivity index (χ1) is 14.7. The van der Waals surface area contributed by atoms with E-state index in [-0.39, 0.29) is 5.91 Å². The molecule has 30 heavy (non-hydrogen) atoms. The van der Waals surface area contributed by atoms with Gasteiger partial charge in [-0.2, -0.15) is 5.26 Å². The van der Waals surface area contributed by atoms with Crippen LogP contribution in [-0.2, 0) is 17.8 Å². The van der Waals surface area contributed by atoms with Crippen molar-refractivity contribution in [1.29, 1.82) is 5.26 Å². The molecule has 6 nitrogen and oxygen atoms in total. The maximum absolute atomic E-state index is 12.9. The zero-order valence-electron chi connectivity index (χ0n) is 16.9. The molecule has 3 aliphatic heterocycles. The molecule has 3 aliphatic rings. The number of aliphatic imine (C=N–C) groups is 1. The normalized spacial score (nSPS) is 22.9. The Morgan fingerprint density at radius 3 is 2.57 bits per heavy atom. The van der Waals surface area contributed by atoms with E-state index in [0.29, 0.717) is 18.8 Å². The molecular weight excluding hydrogens is 374 g/mol. The van der Waals surface area contributed by atoms with Gasteiger partial charge in [0.2, 0.25) is 11.9 Å². The number of rotatable bonds is 2. The summed E-state index contributed by atoms with van der Waals surface area (Å²) in [4.78, 5) is 22.4. The molecule has 3 heterocycles. The van der Waals surface area contributed by atoms with Crippen LogP contribution in [0.4, 0.5) is 5.69 Å². The standard InChI is InChI=1S/C24H25N5O/c25-16-20-22(30)26-23(29-13-10-19-8-4-5-9-21(19)29)27-24(20)11-14-28(15-12-24)17-18-6-2-1-3-7-18/h1-9,20H,10-15,17H2,(H,26,27,30). The Morgan fingerprint density at radius 2 is 1.80 bits per heavy atom. The van der Waals surface area contributed by atoms with Crippen molar-refractivity contribution in [2.75, 3.05) is 24.5 Å². The van der Waals surface area contributed by atoms with Crippen LogP contribution < -0.4 is 10.2 Å². The Labute approximate surface area is 176 Å². The predicted molar refractivity (Wildman–Crippen MR) is 116 cm³/mol. The first-order valence-electron chi connectivity index (χ1n) is 10.6. The molecule has 5 rings (SSSR count). The zero-order valence-corrected chi connectivity index (χ0v) is 16.9. The van der Waals surface area contributed by atoms with E-state index in [0.717, 1.165) is 38.3 Å². The molecule has 1 amide bonds. The van der Waals surface area contributed by atoms with Gasteiger partial charge in [-0.1, -0.05) is 48.5 Å². The van der Waals surface area contributed by atoms with E-state index in [1.807, 2.05) is 18.2 Å². The number of likely N-dealkylation sites (tertiary alicyclic amines) is 1. The minimum Gasteiger partial charge on any atom is -0.312 e. The first-order valence-corrected chi connectivity index (χ1v) is 10.6. The summed E-state index contributed by atoms with van der Waals surface area (Å²) in [5, 5.41) is 12.7. The predicted octanol–water partition coefficient (Wildman–Crippen LogP) is 2.71. The lowest BCUT2D eigenvalue weighted by Crippen LogP contribution is -2.60. The summed E-state index contributed by atoms with van der Waals surface area (Å²) in [7, 11) is 0. The molecule has 0 aliphatic carbocycles. The van der Waals surface area contributed by atoms with Gasteiger partial charge in [0.05, 0.1) is 11.6 Å². The second kappa shape index (κ2) is 7.58. The topological polar surface area (TPSA) is 71.7 Å². The largest absolute Gasteiger partial charge is 0.312 e.